The van der Waals surface area contributed by atoms with Gasteiger partial charge in [0.15, 0.2) is 0 Å². The van der Waals surface area contributed by atoms with Crippen LogP contribution >= 0.6 is 0 Å². The Bertz CT molecular complexity index is 4820. The molecule has 352 valence electrons. The molecule has 72 heavy (non-hydrogen) atoms. The summed E-state index contributed by atoms with van der Waals surface area (Å²) in [5, 5.41) is 0.426. The smallest absolute Gasteiger partial charge is 0.135 e. The van der Waals surface area contributed by atoms with Crippen molar-refractivity contribution >= 4 is 66.4 Å². The largest absolute Gasteiger partial charge is 0.509 e. The first kappa shape index (κ1) is 30.5. The molecule has 0 atom stereocenters. The zero-order valence-electron chi connectivity index (χ0n) is 54.7. The van der Waals surface area contributed by atoms with Crippen LogP contribution in [0.3, 0.4) is 0 Å². The zero-order chi connectivity index (χ0) is 61.6. The predicted octanol–water partition coefficient (Wildman–Crippen LogP) is 17.0. The van der Waals surface area contributed by atoms with E-state index in [-0.39, 0.29) is 87.9 Å². The van der Waals surface area contributed by atoms with Crippen LogP contribution in [-0.4, -0.2) is 14.1 Å². The third-order valence-corrected chi connectivity index (χ3v) is 12.9. The summed E-state index contributed by atoms with van der Waals surface area (Å²) in [4.78, 5) is 8.89. The van der Waals surface area contributed by atoms with E-state index in [1.807, 2.05) is 48.0 Å². The number of hydrogen-bond donors (Lipinski definition) is 0. The normalized spacial score (nSPS) is 15.8. The minimum atomic E-state index is -2.96. The van der Waals surface area contributed by atoms with Crippen LogP contribution in [0.5, 0.6) is 11.5 Å². The van der Waals surface area contributed by atoms with E-state index >= 15 is 0 Å². The minimum Gasteiger partial charge on any atom is -0.509 e. The first-order valence-corrected chi connectivity index (χ1v) is 22.9. The van der Waals surface area contributed by atoms with Gasteiger partial charge < -0.3 is 23.7 Å². The Hall–Kier alpha value is -8.18. The van der Waals surface area contributed by atoms with Crippen LogP contribution in [0.25, 0.3) is 77.4 Å². The number of rotatable bonds is 8. The molecule has 0 radical (unpaired) electrons. The molecular weight excluding hydrogens is 1060 g/mol. The molecule has 0 saturated carbocycles. The Kier molecular flexibility index (Phi) is 7.59. The number of para-hydroxylation sites is 3. The molecule has 6 nitrogen and oxygen atoms in total. The molecule has 4 heterocycles. The van der Waals surface area contributed by atoms with Gasteiger partial charge in [-0.15, -0.1) is 42.7 Å². The van der Waals surface area contributed by atoms with Gasteiger partial charge in [-0.2, -0.15) is 6.07 Å². The van der Waals surface area contributed by atoms with Crippen molar-refractivity contribution in [2.75, 3.05) is 9.80 Å². The summed E-state index contributed by atoms with van der Waals surface area (Å²) in [6.45, 7) is 5.52. The van der Waals surface area contributed by atoms with Crippen LogP contribution in [0, 0.1) is 25.7 Å². The predicted molar refractivity (Wildman–Crippen MR) is 293 cm³/mol. The van der Waals surface area contributed by atoms with E-state index in [1.54, 1.807) is 47.0 Å². The van der Waals surface area contributed by atoms with Crippen molar-refractivity contribution in [2.45, 2.75) is 33.0 Å². The summed E-state index contributed by atoms with van der Waals surface area (Å²) in [6.07, 6.45) is 1.14. The average Bonchev–Trinajstić information content (AvgIpc) is 1.54. The summed E-state index contributed by atoms with van der Waals surface area (Å²) in [6, 6.07) is 38.7. The Labute approximate surface area is 456 Å². The molecule has 1 aliphatic heterocycles. The van der Waals surface area contributed by atoms with Gasteiger partial charge in [0.25, 0.3) is 0 Å². The Morgan fingerprint density at radius 2 is 1.31 bits per heavy atom. The molecule has 0 amide bonds. The molecule has 0 bridgehead atoms. The number of aromatic nitrogens is 3. The van der Waals surface area contributed by atoms with Crippen molar-refractivity contribution < 1.29 is 47.7 Å². The zero-order valence-corrected chi connectivity index (χ0v) is 41.0. The van der Waals surface area contributed by atoms with E-state index in [0.717, 1.165) is 39.9 Å². The fourth-order valence-corrected chi connectivity index (χ4v) is 9.49. The van der Waals surface area contributed by atoms with Crippen LogP contribution < -0.4 is 14.5 Å². The van der Waals surface area contributed by atoms with Gasteiger partial charge in [-0.05, 0) is 99.6 Å². The number of hydrogen-bond acceptors (Lipinski definition) is 4. The number of anilines is 4. The summed E-state index contributed by atoms with van der Waals surface area (Å²) < 4.78 is 152. The Balaban J connectivity index is 0.00000754. The van der Waals surface area contributed by atoms with Gasteiger partial charge >= 0.3 is 0 Å². The van der Waals surface area contributed by atoms with E-state index in [9.17, 15) is 5.48 Å². The SMILES string of the molecule is [2H]c1c([2H])c([2H])c(-c2cnc(-n3c4[c-]c(Oc5[c-]c(N6[CH-]N(c7cccc(C(C)(C)C)c7)c7cc(-c8ccccc8)ccc76)ccc5)cc(-n5c6c([2H])c([2H])c([2H])c([2H])c6c6c([2H])c([2H])c([2H])c([2H])c65)c4c4ccccc43)cc2C([2H])([2H])[2H])c([2H])c1[2H].[Pt]. The molecule has 7 heteroatoms. The third-order valence-electron chi connectivity index (χ3n) is 12.9. The van der Waals surface area contributed by atoms with E-state index < -0.39 is 91.0 Å². The third kappa shape index (κ3) is 7.66. The molecule has 1 aliphatic rings. The van der Waals surface area contributed by atoms with E-state index in [4.69, 9.17) is 26.2 Å². The first-order chi connectivity index (χ1) is 41.3. The molecule has 0 aliphatic carbocycles. The molecule has 0 saturated heterocycles. The van der Waals surface area contributed by atoms with Crippen molar-refractivity contribution in [3.05, 3.63) is 242 Å². The van der Waals surface area contributed by atoms with Gasteiger partial charge in [0.05, 0.1) is 28.9 Å². The molecule has 12 aromatic rings. The fraction of sp³-hybridized carbons (Fsp3) is 0.0769. The number of ether oxygens (including phenoxy) is 1. The second-order valence-corrected chi connectivity index (χ2v) is 18.2. The second kappa shape index (κ2) is 17.9. The summed E-state index contributed by atoms with van der Waals surface area (Å²) in [7, 11) is 0. The fourth-order valence-electron chi connectivity index (χ4n) is 9.49. The second-order valence-electron chi connectivity index (χ2n) is 18.2. The van der Waals surface area contributed by atoms with Crippen LogP contribution in [0.1, 0.15) is 53.8 Å². The molecule has 0 N–H and O–H groups in total. The summed E-state index contributed by atoms with van der Waals surface area (Å²) >= 11 is 0. The monoisotopic (exact) mass is 1130 g/mol. The standard InChI is InChI=1S/C65H48N5O.Pt/c1-43-35-63(66-41-55(43)45-21-9-6-10-22-45)70-58-32-16-13-29-54(58)64-61(69-56-30-14-11-27-52(56)53-28-12-15-31-57(53)69)39-51(40-62(64)70)71-50-26-18-25-49(38-50)67-42-68(48-24-17-23-47(37-48)65(2,3)4)60-36-46(33-34-59(60)67)44-19-7-5-8-20-44;/h5-37,39,41-42H,1-4H3;/q-3;/i1D3,6D,9D,10D,11D,12D,14D,15D,21D,22D,27D,28D,30D,31D;. The number of nitrogens with zero attached hydrogens (tertiary/aromatic N) is 5. The Morgan fingerprint density at radius 1 is 0.569 bits per heavy atom. The summed E-state index contributed by atoms with van der Waals surface area (Å²) in [5.74, 6) is 0.119. The van der Waals surface area contributed by atoms with Gasteiger partial charge in [-0.25, -0.2) is 4.98 Å². The quantitative estimate of drug-likeness (QED) is 0.142. The topological polar surface area (TPSA) is 38.5 Å². The Morgan fingerprint density at radius 3 is 2.08 bits per heavy atom. The molecule has 0 fully saturated rings. The maximum Gasteiger partial charge on any atom is 0.135 e. The number of aryl methyl sites for hydroxylation is 1. The van der Waals surface area contributed by atoms with Crippen LogP contribution in [0.4, 0.5) is 22.7 Å². The van der Waals surface area contributed by atoms with Crippen LogP contribution in [0.15, 0.2) is 212 Å². The molecule has 3 aromatic heterocycles. The van der Waals surface area contributed by atoms with Gasteiger partial charge in [0.2, 0.25) is 0 Å². The maximum absolute atomic E-state index is 9.49. The van der Waals surface area contributed by atoms with Gasteiger partial charge in [0, 0.05) is 81.8 Å². The molecule has 0 spiro atoms. The van der Waals surface area contributed by atoms with Crippen molar-refractivity contribution in [3.63, 3.8) is 0 Å². The number of benzene rings is 9. The van der Waals surface area contributed by atoms with E-state index in [2.05, 4.69) is 80.3 Å². The van der Waals surface area contributed by atoms with Gasteiger partial charge in [-0.1, -0.05) is 165 Å². The van der Waals surface area contributed by atoms with Crippen LogP contribution in [-0.2, 0) is 26.5 Å². The van der Waals surface area contributed by atoms with E-state index in [1.165, 1.54) is 10.6 Å². The average molecular weight is 1130 g/mol. The van der Waals surface area contributed by atoms with Gasteiger partial charge in [0.1, 0.15) is 5.82 Å². The van der Waals surface area contributed by atoms with Crippen molar-refractivity contribution in [1.82, 2.24) is 14.1 Å². The maximum atomic E-state index is 9.49. The summed E-state index contributed by atoms with van der Waals surface area (Å²) in [5.41, 5.74) is 5.59. The van der Waals surface area contributed by atoms with Crippen molar-refractivity contribution in [3.8, 4) is 45.3 Å². The van der Waals surface area contributed by atoms with Crippen molar-refractivity contribution in [2.24, 2.45) is 0 Å². The number of fused-ring (bicyclic) bond motifs is 7. The van der Waals surface area contributed by atoms with Crippen molar-refractivity contribution in [1.29, 1.82) is 0 Å². The first-order valence-electron chi connectivity index (χ1n) is 30.9. The van der Waals surface area contributed by atoms with E-state index in [0.29, 0.717) is 22.0 Å². The number of pyridine rings is 1. The minimum absolute atomic E-state index is 0. The molecule has 13 rings (SSSR count). The molecule has 9 aromatic carbocycles. The van der Waals surface area contributed by atoms with Crippen LogP contribution in [0.2, 0.25) is 0 Å². The molecular formula is C65H48N5OPt-3. The van der Waals surface area contributed by atoms with Gasteiger partial charge in [-0.3, -0.25) is 0 Å². The molecule has 0 unspecified atom stereocenters.